The van der Waals surface area contributed by atoms with Gasteiger partial charge in [-0.3, -0.25) is 9.59 Å². The van der Waals surface area contributed by atoms with Crippen LogP contribution in [0.15, 0.2) is 36.4 Å². The monoisotopic (exact) mass is 420 g/mol. The summed E-state index contributed by atoms with van der Waals surface area (Å²) in [6, 6.07) is 9.21. The van der Waals surface area contributed by atoms with Gasteiger partial charge in [0.2, 0.25) is 11.8 Å². The molecule has 6 nitrogen and oxygen atoms in total. The lowest BCUT2D eigenvalue weighted by Crippen LogP contribution is -2.34. The van der Waals surface area contributed by atoms with E-state index in [4.69, 9.17) is 21.1 Å². The van der Waals surface area contributed by atoms with E-state index in [-0.39, 0.29) is 35.8 Å². The Morgan fingerprint density at radius 2 is 1.93 bits per heavy atom. The number of carbonyl (C=O) groups excluding carboxylic acids is 2. The zero-order chi connectivity index (χ0) is 21.1. The largest absolute Gasteiger partial charge is 0.493 e. The number of amides is 2. The summed E-state index contributed by atoms with van der Waals surface area (Å²) >= 11 is 5.81. The van der Waals surface area contributed by atoms with E-state index in [0.29, 0.717) is 17.2 Å². The van der Waals surface area contributed by atoms with Crippen LogP contribution in [0.2, 0.25) is 5.02 Å². The van der Waals surface area contributed by atoms with Crippen molar-refractivity contribution in [3.63, 3.8) is 0 Å². The van der Waals surface area contributed by atoms with Crippen LogP contribution in [-0.2, 0) is 9.59 Å². The number of nitrogens with one attached hydrogen (secondary N) is 1. The summed E-state index contributed by atoms with van der Waals surface area (Å²) in [6.45, 7) is 2.07. The minimum Gasteiger partial charge on any atom is -0.493 e. The van der Waals surface area contributed by atoms with Gasteiger partial charge in [0.25, 0.3) is 0 Å². The Morgan fingerprint density at radius 3 is 2.59 bits per heavy atom. The molecule has 1 aliphatic heterocycles. The summed E-state index contributed by atoms with van der Waals surface area (Å²) in [7, 11) is 3.10. The van der Waals surface area contributed by atoms with Gasteiger partial charge in [-0.25, -0.2) is 4.39 Å². The minimum atomic E-state index is -0.555. The number of rotatable bonds is 6. The van der Waals surface area contributed by atoms with Crippen molar-refractivity contribution < 1.29 is 23.5 Å². The van der Waals surface area contributed by atoms with Crippen molar-refractivity contribution in [1.29, 1.82) is 0 Å². The average molecular weight is 421 g/mol. The molecule has 2 aromatic rings. The van der Waals surface area contributed by atoms with Crippen molar-refractivity contribution in [2.24, 2.45) is 5.92 Å². The first-order valence-corrected chi connectivity index (χ1v) is 9.49. The first-order valence-electron chi connectivity index (χ1n) is 9.11. The number of ether oxygens (including phenoxy) is 2. The van der Waals surface area contributed by atoms with Crippen LogP contribution in [0.4, 0.5) is 10.1 Å². The van der Waals surface area contributed by atoms with E-state index in [1.54, 1.807) is 26.4 Å². The van der Waals surface area contributed by atoms with Crippen LogP contribution in [0.3, 0.4) is 0 Å². The van der Waals surface area contributed by atoms with Gasteiger partial charge in [-0.15, -0.1) is 0 Å². The molecule has 0 spiro atoms. The fourth-order valence-corrected chi connectivity index (χ4v) is 3.50. The summed E-state index contributed by atoms with van der Waals surface area (Å²) in [6.07, 6.45) is 0.0828. The van der Waals surface area contributed by atoms with E-state index < -0.39 is 11.7 Å². The zero-order valence-corrected chi connectivity index (χ0v) is 17.1. The summed E-state index contributed by atoms with van der Waals surface area (Å²) < 4.78 is 23.9. The SMILES string of the molecule is COc1ccc(C(C)NC(=O)C2CC(=O)N(c3ccc(F)c(Cl)c3)C2)cc1OC. The van der Waals surface area contributed by atoms with Gasteiger partial charge in [-0.05, 0) is 42.8 Å². The lowest BCUT2D eigenvalue weighted by Gasteiger charge is -2.20. The summed E-state index contributed by atoms with van der Waals surface area (Å²) in [5, 5.41) is 2.88. The third-order valence-electron chi connectivity index (χ3n) is 4.98. The number of carbonyl (C=O) groups is 2. The van der Waals surface area contributed by atoms with E-state index in [9.17, 15) is 14.0 Å². The second-order valence-electron chi connectivity index (χ2n) is 6.85. The maximum absolute atomic E-state index is 13.4. The predicted molar refractivity (Wildman–Crippen MR) is 108 cm³/mol. The molecule has 2 unspecified atom stereocenters. The molecule has 1 N–H and O–H groups in total. The number of anilines is 1. The fraction of sp³-hybridized carbons (Fsp3) is 0.333. The van der Waals surface area contributed by atoms with Crippen molar-refractivity contribution in [2.75, 3.05) is 25.7 Å². The van der Waals surface area contributed by atoms with Crippen molar-refractivity contribution in [1.82, 2.24) is 5.32 Å². The van der Waals surface area contributed by atoms with Crippen LogP contribution in [0, 0.1) is 11.7 Å². The number of nitrogens with zero attached hydrogens (tertiary/aromatic N) is 1. The van der Waals surface area contributed by atoms with Crippen molar-refractivity contribution in [3.8, 4) is 11.5 Å². The Balaban J connectivity index is 1.68. The average Bonchev–Trinajstić information content (AvgIpc) is 3.11. The van der Waals surface area contributed by atoms with Gasteiger partial charge in [0.1, 0.15) is 5.82 Å². The first kappa shape index (κ1) is 20.9. The van der Waals surface area contributed by atoms with Gasteiger partial charge >= 0.3 is 0 Å². The third kappa shape index (κ3) is 4.45. The molecule has 2 aromatic carbocycles. The Morgan fingerprint density at radius 1 is 1.21 bits per heavy atom. The highest BCUT2D eigenvalue weighted by Gasteiger charge is 2.35. The van der Waals surface area contributed by atoms with Gasteiger partial charge in [0, 0.05) is 18.7 Å². The lowest BCUT2D eigenvalue weighted by molar-refractivity contribution is -0.126. The van der Waals surface area contributed by atoms with Crippen molar-refractivity contribution in [2.45, 2.75) is 19.4 Å². The predicted octanol–water partition coefficient (Wildman–Crippen LogP) is 3.73. The number of methoxy groups -OCH3 is 2. The quantitative estimate of drug-likeness (QED) is 0.773. The summed E-state index contributed by atoms with van der Waals surface area (Å²) in [5.74, 6) is -0.316. The molecule has 3 rings (SSSR count). The van der Waals surface area contributed by atoms with Crippen molar-refractivity contribution >= 4 is 29.1 Å². The standard InChI is InChI=1S/C21H22ClFN2O4/c1-12(13-4-7-18(28-2)19(8-13)29-3)24-21(27)14-9-20(26)25(11-14)15-5-6-17(23)16(22)10-15/h4-8,10,12,14H,9,11H2,1-3H3,(H,24,27). The molecule has 1 aliphatic rings. The Kier molecular flexibility index (Phi) is 6.27. The Hall–Kier alpha value is -2.80. The van der Waals surface area contributed by atoms with Gasteiger partial charge in [-0.2, -0.15) is 0 Å². The van der Waals surface area contributed by atoms with Gasteiger partial charge < -0.3 is 19.7 Å². The number of benzene rings is 2. The molecular formula is C21H22ClFN2O4. The number of hydrogen-bond acceptors (Lipinski definition) is 4. The molecule has 8 heteroatoms. The molecule has 154 valence electrons. The second-order valence-corrected chi connectivity index (χ2v) is 7.26. The van der Waals surface area contributed by atoms with Crippen LogP contribution in [0.25, 0.3) is 0 Å². The molecule has 1 saturated heterocycles. The van der Waals surface area contributed by atoms with Crippen LogP contribution in [0.1, 0.15) is 24.9 Å². The molecule has 1 heterocycles. The molecule has 2 amide bonds. The lowest BCUT2D eigenvalue weighted by atomic mass is 10.0. The van der Waals surface area contributed by atoms with Gasteiger partial charge in [-0.1, -0.05) is 17.7 Å². The third-order valence-corrected chi connectivity index (χ3v) is 5.27. The minimum absolute atomic E-state index is 0.0646. The summed E-state index contributed by atoms with van der Waals surface area (Å²) in [4.78, 5) is 26.5. The van der Waals surface area contributed by atoms with E-state index >= 15 is 0 Å². The van der Waals surface area contributed by atoms with Gasteiger partial charge in [0.05, 0.1) is 31.2 Å². The number of halogens is 2. The van der Waals surface area contributed by atoms with Crippen LogP contribution < -0.4 is 19.7 Å². The topological polar surface area (TPSA) is 67.9 Å². The van der Waals surface area contributed by atoms with E-state index in [1.807, 2.05) is 13.0 Å². The first-order chi connectivity index (χ1) is 13.8. The number of hydrogen-bond donors (Lipinski definition) is 1. The van der Waals surface area contributed by atoms with E-state index in [0.717, 1.165) is 5.56 Å². The van der Waals surface area contributed by atoms with E-state index in [1.165, 1.54) is 23.1 Å². The summed E-state index contributed by atoms with van der Waals surface area (Å²) in [5.41, 5.74) is 1.33. The molecule has 0 radical (unpaired) electrons. The van der Waals surface area contributed by atoms with Crippen LogP contribution in [0.5, 0.6) is 11.5 Å². The van der Waals surface area contributed by atoms with Crippen LogP contribution >= 0.6 is 11.6 Å². The highest BCUT2D eigenvalue weighted by molar-refractivity contribution is 6.31. The molecule has 0 bridgehead atoms. The van der Waals surface area contributed by atoms with Crippen molar-refractivity contribution in [3.05, 3.63) is 52.8 Å². The highest BCUT2D eigenvalue weighted by atomic mass is 35.5. The van der Waals surface area contributed by atoms with E-state index in [2.05, 4.69) is 5.32 Å². The van der Waals surface area contributed by atoms with Crippen LogP contribution in [-0.4, -0.2) is 32.6 Å². The molecule has 0 aliphatic carbocycles. The maximum Gasteiger partial charge on any atom is 0.227 e. The van der Waals surface area contributed by atoms with Gasteiger partial charge in [0.15, 0.2) is 11.5 Å². The fourth-order valence-electron chi connectivity index (χ4n) is 3.32. The molecule has 2 atom stereocenters. The molecular weight excluding hydrogens is 399 g/mol. The maximum atomic E-state index is 13.4. The molecule has 0 aromatic heterocycles. The Bertz CT molecular complexity index is 937. The molecule has 29 heavy (non-hydrogen) atoms. The normalized spacial score (nSPS) is 17.2. The smallest absolute Gasteiger partial charge is 0.227 e. The zero-order valence-electron chi connectivity index (χ0n) is 16.4. The molecule has 1 fully saturated rings. The Labute approximate surface area is 173 Å². The highest BCUT2D eigenvalue weighted by Crippen LogP contribution is 2.31. The molecule has 0 saturated carbocycles. The second kappa shape index (κ2) is 8.69.